The second kappa shape index (κ2) is 7.78. The number of aliphatic carboxylic acids is 1. The topological polar surface area (TPSA) is 95.9 Å². The highest BCUT2D eigenvalue weighted by Crippen LogP contribution is 2.16. The lowest BCUT2D eigenvalue weighted by molar-refractivity contribution is -0.138. The molecule has 1 aliphatic rings. The maximum atomic E-state index is 11.9. The standard InChI is InChI=1S/C11H22N2O5S/c1-2-6-12-19(16,17)13-7-3-10(4-8-13)18-9-5-11(14)15/h10,12H,2-9H2,1H3,(H,14,15). The second-order valence-electron chi connectivity index (χ2n) is 4.51. The average Bonchev–Trinajstić information content (AvgIpc) is 2.37. The first-order valence-electron chi connectivity index (χ1n) is 6.54. The first-order chi connectivity index (χ1) is 8.95. The van der Waals surface area contributed by atoms with Crippen LogP contribution in [0.3, 0.4) is 0 Å². The summed E-state index contributed by atoms with van der Waals surface area (Å²) in [6.07, 6.45) is 1.90. The number of piperidine rings is 1. The van der Waals surface area contributed by atoms with Gasteiger partial charge in [-0.25, -0.2) is 4.72 Å². The normalized spacial score (nSPS) is 18.6. The summed E-state index contributed by atoms with van der Waals surface area (Å²) in [5.74, 6) is -0.885. The second-order valence-corrected chi connectivity index (χ2v) is 6.27. The Bertz CT molecular complexity index is 377. The van der Waals surface area contributed by atoms with Gasteiger partial charge in [0.2, 0.25) is 0 Å². The molecule has 0 aromatic carbocycles. The molecule has 1 rings (SSSR count). The van der Waals surface area contributed by atoms with Crippen molar-refractivity contribution in [2.75, 3.05) is 26.2 Å². The van der Waals surface area contributed by atoms with E-state index in [-0.39, 0.29) is 19.1 Å². The Morgan fingerprint density at radius 1 is 1.42 bits per heavy atom. The van der Waals surface area contributed by atoms with Crippen molar-refractivity contribution in [3.8, 4) is 0 Å². The van der Waals surface area contributed by atoms with Gasteiger partial charge in [-0.1, -0.05) is 6.92 Å². The zero-order valence-electron chi connectivity index (χ0n) is 11.2. The smallest absolute Gasteiger partial charge is 0.305 e. The van der Waals surface area contributed by atoms with Crippen molar-refractivity contribution in [3.63, 3.8) is 0 Å². The zero-order valence-corrected chi connectivity index (χ0v) is 12.0. The van der Waals surface area contributed by atoms with Gasteiger partial charge in [-0.15, -0.1) is 0 Å². The van der Waals surface area contributed by atoms with Crippen LogP contribution in [0, 0.1) is 0 Å². The first kappa shape index (κ1) is 16.4. The Balaban J connectivity index is 2.30. The minimum Gasteiger partial charge on any atom is -0.481 e. The van der Waals surface area contributed by atoms with Gasteiger partial charge < -0.3 is 9.84 Å². The Labute approximate surface area is 114 Å². The molecule has 0 atom stereocenters. The van der Waals surface area contributed by atoms with Crippen LogP contribution >= 0.6 is 0 Å². The minimum atomic E-state index is -3.37. The van der Waals surface area contributed by atoms with Crippen LogP contribution in [0.25, 0.3) is 0 Å². The van der Waals surface area contributed by atoms with Gasteiger partial charge in [-0.3, -0.25) is 4.79 Å². The molecule has 1 heterocycles. The number of carboxylic acids is 1. The molecule has 0 aliphatic carbocycles. The lowest BCUT2D eigenvalue weighted by Crippen LogP contribution is -2.46. The van der Waals surface area contributed by atoms with E-state index in [1.54, 1.807) is 0 Å². The molecule has 0 bridgehead atoms. The SMILES string of the molecule is CCCNS(=O)(=O)N1CCC(OCCC(=O)O)CC1. The molecule has 8 heteroatoms. The van der Waals surface area contributed by atoms with Gasteiger partial charge in [0.05, 0.1) is 19.1 Å². The molecule has 0 radical (unpaired) electrons. The van der Waals surface area contributed by atoms with Crippen molar-refractivity contribution in [2.24, 2.45) is 0 Å². The van der Waals surface area contributed by atoms with Crippen LogP contribution in [-0.4, -0.2) is 56.1 Å². The van der Waals surface area contributed by atoms with Gasteiger partial charge >= 0.3 is 5.97 Å². The van der Waals surface area contributed by atoms with Crippen molar-refractivity contribution < 1.29 is 23.1 Å². The van der Waals surface area contributed by atoms with Gasteiger partial charge in [0.25, 0.3) is 10.2 Å². The van der Waals surface area contributed by atoms with Gasteiger partial charge in [0.1, 0.15) is 0 Å². The number of carbonyl (C=O) groups is 1. The van der Waals surface area contributed by atoms with Crippen LogP contribution in [0.1, 0.15) is 32.6 Å². The average molecular weight is 294 g/mol. The summed E-state index contributed by atoms with van der Waals surface area (Å²) in [5, 5.41) is 8.50. The Morgan fingerprint density at radius 2 is 2.05 bits per heavy atom. The lowest BCUT2D eigenvalue weighted by Gasteiger charge is -2.31. The number of ether oxygens (including phenoxy) is 1. The van der Waals surface area contributed by atoms with Gasteiger partial charge in [0.15, 0.2) is 0 Å². The van der Waals surface area contributed by atoms with E-state index in [9.17, 15) is 13.2 Å². The van der Waals surface area contributed by atoms with Crippen molar-refractivity contribution in [1.82, 2.24) is 9.03 Å². The fourth-order valence-electron chi connectivity index (χ4n) is 1.87. The predicted molar refractivity (Wildman–Crippen MR) is 70.0 cm³/mol. The van der Waals surface area contributed by atoms with Crippen LogP contribution in [0.15, 0.2) is 0 Å². The number of hydrogen-bond acceptors (Lipinski definition) is 4. The molecular formula is C11H22N2O5S. The fraction of sp³-hybridized carbons (Fsp3) is 0.909. The van der Waals surface area contributed by atoms with Crippen LogP contribution in [0.5, 0.6) is 0 Å². The van der Waals surface area contributed by atoms with E-state index in [1.807, 2.05) is 6.92 Å². The van der Waals surface area contributed by atoms with Crippen molar-refractivity contribution in [2.45, 2.75) is 38.7 Å². The summed E-state index contributed by atoms with van der Waals surface area (Å²) >= 11 is 0. The van der Waals surface area contributed by atoms with Gasteiger partial charge in [0, 0.05) is 19.6 Å². The largest absolute Gasteiger partial charge is 0.481 e. The van der Waals surface area contributed by atoms with Crippen molar-refractivity contribution >= 4 is 16.2 Å². The summed E-state index contributed by atoms with van der Waals surface area (Å²) in [6, 6.07) is 0. The fourth-order valence-corrected chi connectivity index (χ4v) is 3.21. The molecule has 19 heavy (non-hydrogen) atoms. The van der Waals surface area contributed by atoms with E-state index in [1.165, 1.54) is 4.31 Å². The molecule has 1 fully saturated rings. The summed E-state index contributed by atoms with van der Waals surface area (Å²) in [7, 11) is -3.37. The summed E-state index contributed by atoms with van der Waals surface area (Å²) in [4.78, 5) is 10.3. The molecular weight excluding hydrogens is 272 g/mol. The number of nitrogens with zero attached hydrogens (tertiary/aromatic N) is 1. The maximum absolute atomic E-state index is 11.9. The zero-order chi connectivity index (χ0) is 14.3. The summed E-state index contributed by atoms with van der Waals surface area (Å²) in [6.45, 7) is 3.36. The van der Waals surface area contributed by atoms with E-state index < -0.39 is 16.2 Å². The van der Waals surface area contributed by atoms with Crippen LogP contribution in [-0.2, 0) is 19.7 Å². The highest BCUT2D eigenvalue weighted by atomic mass is 32.2. The molecule has 0 saturated carbocycles. The van der Waals surface area contributed by atoms with E-state index in [0.29, 0.717) is 32.5 Å². The molecule has 0 aromatic heterocycles. The minimum absolute atomic E-state index is 0.0173. The molecule has 1 saturated heterocycles. The highest BCUT2D eigenvalue weighted by molar-refractivity contribution is 7.87. The summed E-state index contributed by atoms with van der Waals surface area (Å²) in [5.41, 5.74) is 0. The number of hydrogen-bond donors (Lipinski definition) is 2. The summed E-state index contributed by atoms with van der Waals surface area (Å²) < 4.78 is 33.1. The van der Waals surface area contributed by atoms with E-state index in [4.69, 9.17) is 9.84 Å². The Kier molecular flexibility index (Phi) is 6.70. The third kappa shape index (κ3) is 5.85. The molecule has 0 amide bonds. The van der Waals surface area contributed by atoms with E-state index >= 15 is 0 Å². The van der Waals surface area contributed by atoms with Crippen LogP contribution < -0.4 is 4.72 Å². The number of carboxylic acid groups (broad SMARTS) is 1. The van der Waals surface area contributed by atoms with Crippen LogP contribution in [0.2, 0.25) is 0 Å². The van der Waals surface area contributed by atoms with Gasteiger partial charge in [-0.2, -0.15) is 12.7 Å². The molecule has 0 aromatic rings. The first-order valence-corrected chi connectivity index (χ1v) is 7.98. The van der Waals surface area contributed by atoms with Crippen LogP contribution in [0.4, 0.5) is 0 Å². The third-order valence-corrected chi connectivity index (χ3v) is 4.56. The molecule has 0 unspecified atom stereocenters. The molecule has 112 valence electrons. The quantitative estimate of drug-likeness (QED) is 0.666. The monoisotopic (exact) mass is 294 g/mol. The predicted octanol–water partition coefficient (Wildman–Crippen LogP) is 0.187. The number of rotatable bonds is 8. The third-order valence-electron chi connectivity index (χ3n) is 2.94. The molecule has 1 aliphatic heterocycles. The number of nitrogens with one attached hydrogen (secondary N) is 1. The Hall–Kier alpha value is -0.700. The highest BCUT2D eigenvalue weighted by Gasteiger charge is 2.27. The lowest BCUT2D eigenvalue weighted by atomic mass is 10.1. The van der Waals surface area contributed by atoms with Gasteiger partial charge in [-0.05, 0) is 19.3 Å². The van der Waals surface area contributed by atoms with E-state index in [2.05, 4.69) is 4.72 Å². The molecule has 7 nitrogen and oxygen atoms in total. The molecule has 0 spiro atoms. The Morgan fingerprint density at radius 3 is 2.58 bits per heavy atom. The van der Waals surface area contributed by atoms with Crippen molar-refractivity contribution in [3.05, 3.63) is 0 Å². The van der Waals surface area contributed by atoms with E-state index in [0.717, 1.165) is 6.42 Å². The molecule has 2 N–H and O–H groups in total. The maximum Gasteiger partial charge on any atom is 0.305 e. The van der Waals surface area contributed by atoms with Crippen molar-refractivity contribution in [1.29, 1.82) is 0 Å².